The van der Waals surface area contributed by atoms with E-state index in [1.54, 1.807) is 0 Å². The molecule has 196 valence electrons. The number of carboxylic acid groups (broad SMARTS) is 2. The van der Waals surface area contributed by atoms with Crippen LogP contribution in [0.15, 0.2) is 23.8 Å². The summed E-state index contributed by atoms with van der Waals surface area (Å²) in [4.78, 5) is 24.7. The lowest BCUT2D eigenvalue weighted by Crippen LogP contribution is -2.62. The second kappa shape index (κ2) is 8.46. The molecule has 5 nitrogen and oxygen atoms in total. The maximum atomic E-state index is 12.7. The zero-order valence-corrected chi connectivity index (χ0v) is 22.5. The summed E-state index contributed by atoms with van der Waals surface area (Å²) in [6.45, 7) is 15.7. The lowest BCUT2D eigenvalue weighted by Gasteiger charge is -2.68. The smallest absolute Gasteiger partial charge is 0.331 e. The first-order valence-corrected chi connectivity index (χ1v) is 13.7. The van der Waals surface area contributed by atoms with Crippen LogP contribution in [0.3, 0.4) is 0 Å². The first-order chi connectivity index (χ1) is 16.2. The Balaban J connectivity index is 1.82. The number of rotatable bonds is 6. The van der Waals surface area contributed by atoms with Gasteiger partial charge >= 0.3 is 11.9 Å². The molecule has 0 radical (unpaired) electrons. The van der Waals surface area contributed by atoms with Gasteiger partial charge in [0.2, 0.25) is 0 Å². The molecule has 0 unspecified atom stereocenters. The highest BCUT2D eigenvalue weighted by atomic mass is 16.4. The van der Waals surface area contributed by atoms with Crippen molar-refractivity contribution in [2.45, 2.75) is 98.8 Å². The van der Waals surface area contributed by atoms with Gasteiger partial charge in [0.25, 0.3) is 0 Å². The number of hydrogen-bond donors (Lipinski definition) is 3. The van der Waals surface area contributed by atoms with Crippen molar-refractivity contribution in [2.24, 2.45) is 44.8 Å². The van der Waals surface area contributed by atoms with Gasteiger partial charge in [0, 0.05) is 12.2 Å². The summed E-state index contributed by atoms with van der Waals surface area (Å²) in [5, 5.41) is 30.0. The predicted molar refractivity (Wildman–Crippen MR) is 137 cm³/mol. The van der Waals surface area contributed by atoms with Crippen LogP contribution in [0, 0.1) is 44.8 Å². The van der Waals surface area contributed by atoms with Gasteiger partial charge in [-0.15, -0.1) is 0 Å². The molecule has 35 heavy (non-hydrogen) atoms. The quantitative estimate of drug-likeness (QED) is 0.296. The Morgan fingerprint density at radius 2 is 1.69 bits per heavy atom. The SMILES string of the molecule is C=C(C(=O)O)[C@H]1CC[C@]2(C)[C@@H](CC=C3[C@@H]4CC(C)(C)CC[C@]4(C(=O)O)CC[C@]32C)[C@@]1(C)CCCO. The number of allylic oxidation sites excluding steroid dienone is 2. The van der Waals surface area contributed by atoms with E-state index < -0.39 is 17.4 Å². The van der Waals surface area contributed by atoms with Gasteiger partial charge in [-0.2, -0.15) is 0 Å². The molecule has 0 aromatic carbocycles. The van der Waals surface area contributed by atoms with E-state index in [9.17, 15) is 24.9 Å². The molecule has 0 heterocycles. The fourth-order valence-electron chi connectivity index (χ4n) is 9.52. The average molecular weight is 487 g/mol. The molecule has 0 saturated heterocycles. The summed E-state index contributed by atoms with van der Waals surface area (Å²) in [6, 6.07) is 0. The maximum absolute atomic E-state index is 12.7. The van der Waals surface area contributed by atoms with Crippen LogP contribution in [-0.2, 0) is 9.59 Å². The molecule has 3 N–H and O–H groups in total. The predicted octanol–water partition coefficient (Wildman–Crippen LogP) is 6.47. The highest BCUT2D eigenvalue weighted by molar-refractivity contribution is 5.86. The Morgan fingerprint density at radius 1 is 1.03 bits per heavy atom. The van der Waals surface area contributed by atoms with Gasteiger partial charge in [-0.3, -0.25) is 4.79 Å². The molecule has 3 saturated carbocycles. The van der Waals surface area contributed by atoms with Crippen LogP contribution in [0.1, 0.15) is 98.8 Å². The van der Waals surface area contributed by atoms with Crippen LogP contribution >= 0.6 is 0 Å². The molecule has 0 aliphatic heterocycles. The van der Waals surface area contributed by atoms with Crippen molar-refractivity contribution in [2.75, 3.05) is 6.61 Å². The lowest BCUT2D eigenvalue weighted by atomic mass is 9.35. The number of fused-ring (bicyclic) bond motifs is 5. The standard InChI is InChI=1S/C30H46O5/c1-19(24(32)33)20-10-12-29(6)23(27(20,4)11-7-17-31)9-8-21-22-18-26(2,3)13-15-30(22,25(34)35)16-14-28(21,29)5/h8,20,22-23,31H,1,7,9-18H2,2-6H3,(H,32,33)(H,34,35)/t20-,22+,23+,27+,28-,29-,30+/m1/s1. The van der Waals surface area contributed by atoms with Gasteiger partial charge in [0.15, 0.2) is 0 Å². The third kappa shape index (κ3) is 3.66. The fraction of sp³-hybridized carbons (Fsp3) is 0.800. The minimum Gasteiger partial charge on any atom is -0.481 e. The van der Waals surface area contributed by atoms with E-state index >= 15 is 0 Å². The van der Waals surface area contributed by atoms with Gasteiger partial charge in [-0.1, -0.05) is 52.8 Å². The molecule has 0 bridgehead atoms. The minimum absolute atomic E-state index is 0.0528. The van der Waals surface area contributed by atoms with E-state index in [1.807, 2.05) is 0 Å². The molecule has 4 aliphatic rings. The third-order valence-electron chi connectivity index (χ3n) is 11.9. The molecule has 0 spiro atoms. The summed E-state index contributed by atoms with van der Waals surface area (Å²) in [7, 11) is 0. The normalized spacial score (nSPS) is 44.3. The Hall–Kier alpha value is -1.62. The molecular formula is C30H46O5. The number of carbonyl (C=O) groups is 2. The summed E-state index contributed by atoms with van der Waals surface area (Å²) >= 11 is 0. The molecule has 3 fully saturated rings. The second-order valence-corrected chi connectivity index (χ2v) is 13.8. The third-order valence-corrected chi connectivity index (χ3v) is 11.9. The first kappa shape index (κ1) is 26.4. The largest absolute Gasteiger partial charge is 0.481 e. The molecule has 7 atom stereocenters. The van der Waals surface area contributed by atoms with Crippen molar-refractivity contribution >= 4 is 11.9 Å². The number of aliphatic carboxylic acids is 2. The monoisotopic (exact) mass is 486 g/mol. The van der Waals surface area contributed by atoms with Crippen LogP contribution in [0.4, 0.5) is 0 Å². The van der Waals surface area contributed by atoms with Crippen LogP contribution in [0.5, 0.6) is 0 Å². The summed E-state index contributed by atoms with van der Waals surface area (Å²) in [5.74, 6) is -1.32. The Kier molecular flexibility index (Phi) is 6.39. The van der Waals surface area contributed by atoms with Crippen molar-refractivity contribution in [3.63, 3.8) is 0 Å². The van der Waals surface area contributed by atoms with Crippen molar-refractivity contribution in [1.29, 1.82) is 0 Å². The van der Waals surface area contributed by atoms with Crippen LogP contribution < -0.4 is 0 Å². The van der Waals surface area contributed by atoms with E-state index in [-0.39, 0.29) is 46.0 Å². The molecule has 4 rings (SSSR count). The fourth-order valence-corrected chi connectivity index (χ4v) is 9.52. The van der Waals surface area contributed by atoms with E-state index in [2.05, 4.69) is 47.3 Å². The minimum atomic E-state index is -0.916. The summed E-state index contributed by atoms with van der Waals surface area (Å²) < 4.78 is 0. The summed E-state index contributed by atoms with van der Waals surface area (Å²) in [6.07, 6.45) is 10.6. The zero-order valence-electron chi connectivity index (χ0n) is 22.5. The van der Waals surface area contributed by atoms with E-state index in [1.165, 1.54) is 5.57 Å². The summed E-state index contributed by atoms with van der Waals surface area (Å²) in [5.41, 5.74) is 0.717. The first-order valence-electron chi connectivity index (χ1n) is 13.7. The highest BCUT2D eigenvalue weighted by Crippen LogP contribution is 2.74. The lowest BCUT2D eigenvalue weighted by molar-refractivity contribution is -0.172. The van der Waals surface area contributed by atoms with Gasteiger partial charge in [-0.25, -0.2) is 4.79 Å². The number of aliphatic hydroxyl groups is 1. The number of aliphatic hydroxyl groups excluding tert-OH is 1. The van der Waals surface area contributed by atoms with Gasteiger partial charge < -0.3 is 15.3 Å². The molecule has 0 amide bonds. The number of carboxylic acids is 2. The Morgan fingerprint density at radius 3 is 2.29 bits per heavy atom. The number of hydrogen-bond acceptors (Lipinski definition) is 3. The molecule has 4 aliphatic carbocycles. The van der Waals surface area contributed by atoms with Crippen molar-refractivity contribution < 1.29 is 24.9 Å². The van der Waals surface area contributed by atoms with Gasteiger partial charge in [0.05, 0.1) is 5.41 Å². The Labute approximate surface area is 211 Å². The van der Waals surface area contributed by atoms with Crippen LogP contribution in [-0.4, -0.2) is 33.9 Å². The second-order valence-electron chi connectivity index (χ2n) is 13.8. The molecule has 5 heteroatoms. The molecule has 0 aromatic rings. The van der Waals surface area contributed by atoms with Gasteiger partial charge in [-0.05, 0) is 104 Å². The van der Waals surface area contributed by atoms with E-state index in [0.29, 0.717) is 12.0 Å². The Bertz CT molecular complexity index is 948. The molecule has 0 aromatic heterocycles. The topological polar surface area (TPSA) is 94.8 Å². The van der Waals surface area contributed by atoms with Crippen LogP contribution in [0.2, 0.25) is 0 Å². The van der Waals surface area contributed by atoms with Crippen molar-refractivity contribution in [1.82, 2.24) is 0 Å². The molecular weight excluding hydrogens is 440 g/mol. The highest BCUT2D eigenvalue weighted by Gasteiger charge is 2.67. The van der Waals surface area contributed by atoms with Crippen molar-refractivity contribution in [3.05, 3.63) is 23.8 Å². The van der Waals surface area contributed by atoms with Crippen LogP contribution in [0.25, 0.3) is 0 Å². The van der Waals surface area contributed by atoms with E-state index in [0.717, 1.165) is 57.8 Å². The average Bonchev–Trinajstić information content (AvgIpc) is 2.77. The zero-order chi connectivity index (χ0) is 26.0. The van der Waals surface area contributed by atoms with Crippen molar-refractivity contribution in [3.8, 4) is 0 Å². The van der Waals surface area contributed by atoms with E-state index in [4.69, 9.17) is 0 Å². The van der Waals surface area contributed by atoms with Gasteiger partial charge in [0.1, 0.15) is 0 Å². The maximum Gasteiger partial charge on any atom is 0.331 e.